The molecule has 0 spiro atoms. The van der Waals surface area contributed by atoms with Crippen LogP contribution in [0.15, 0.2) is 12.2 Å². The number of aliphatic hydroxyl groups excluding tert-OH is 1. The fourth-order valence-electron chi connectivity index (χ4n) is 0.473. The van der Waals surface area contributed by atoms with Gasteiger partial charge in [-0.15, -0.1) is 0 Å². The van der Waals surface area contributed by atoms with E-state index in [-0.39, 0.29) is 12.0 Å². The topological polar surface area (TPSA) is 63.6 Å². The third kappa shape index (κ3) is 4.62. The average molecular weight is 172 g/mol. The van der Waals surface area contributed by atoms with Gasteiger partial charge in [0.2, 0.25) is 0 Å². The fraction of sp³-hybridized carbons (Fsp3) is 0.500. The number of esters is 2. The first-order chi connectivity index (χ1) is 5.43. The van der Waals surface area contributed by atoms with E-state index in [1.54, 1.807) is 0 Å². The second-order valence-electron chi connectivity index (χ2n) is 2.60. The molecule has 0 saturated carbocycles. The number of hydrogen-bond acceptors (Lipinski definition) is 4. The minimum absolute atomic E-state index is 0.161. The summed E-state index contributed by atoms with van der Waals surface area (Å²) >= 11 is 0. The normalized spacial score (nSPS) is 11.9. The zero-order valence-electron chi connectivity index (χ0n) is 7.16. The van der Waals surface area contributed by atoms with Crippen LogP contribution in [0.5, 0.6) is 0 Å². The zero-order chi connectivity index (χ0) is 9.72. The van der Waals surface area contributed by atoms with E-state index in [0.717, 1.165) is 0 Å². The second kappa shape index (κ2) is 4.66. The summed E-state index contributed by atoms with van der Waals surface area (Å²) in [5, 5.41) is 8.74. The molecule has 68 valence electrons. The number of carbonyl (C=O) groups excluding carboxylic acids is 2. The predicted octanol–water partition coefficient (Wildman–Crippen LogP) is 0.403. The maximum Gasteiger partial charge on any atom is 0.340 e. The van der Waals surface area contributed by atoms with Crippen LogP contribution in [0.25, 0.3) is 0 Å². The number of hydrogen-bond donors (Lipinski definition) is 1. The van der Waals surface area contributed by atoms with Crippen LogP contribution >= 0.6 is 0 Å². The molecule has 0 aliphatic heterocycles. The molecule has 0 aliphatic carbocycles. The molecule has 0 aromatic rings. The monoisotopic (exact) mass is 172 g/mol. The van der Waals surface area contributed by atoms with Gasteiger partial charge in [0.1, 0.15) is 0 Å². The van der Waals surface area contributed by atoms with Gasteiger partial charge in [0.05, 0.1) is 12.5 Å². The van der Waals surface area contributed by atoms with Crippen molar-refractivity contribution in [3.05, 3.63) is 12.2 Å². The number of carbonyl (C=O) groups is 2. The standard InChI is InChI=1S/C8H12O4/c1-5(2)8(11)12-7(10)4-6(3)9/h6,9H,1,4H2,2-3H3. The van der Waals surface area contributed by atoms with E-state index >= 15 is 0 Å². The molecule has 0 amide bonds. The predicted molar refractivity (Wildman–Crippen MR) is 42.2 cm³/mol. The first kappa shape index (κ1) is 10.8. The van der Waals surface area contributed by atoms with E-state index < -0.39 is 18.0 Å². The first-order valence-corrected chi connectivity index (χ1v) is 3.52. The molecule has 0 aliphatic rings. The van der Waals surface area contributed by atoms with Gasteiger partial charge in [-0.2, -0.15) is 0 Å². The lowest BCUT2D eigenvalue weighted by atomic mass is 10.3. The zero-order valence-corrected chi connectivity index (χ0v) is 7.16. The molecule has 1 N–H and O–H groups in total. The molecule has 0 saturated heterocycles. The van der Waals surface area contributed by atoms with E-state index in [0.29, 0.717) is 0 Å². The summed E-state index contributed by atoms with van der Waals surface area (Å²) in [6.07, 6.45) is -0.977. The van der Waals surface area contributed by atoms with Crippen LogP contribution in [0.1, 0.15) is 20.3 Å². The van der Waals surface area contributed by atoms with Crippen molar-refractivity contribution >= 4 is 11.9 Å². The van der Waals surface area contributed by atoms with E-state index in [4.69, 9.17) is 5.11 Å². The van der Waals surface area contributed by atoms with Crippen molar-refractivity contribution in [1.29, 1.82) is 0 Å². The van der Waals surface area contributed by atoms with Crippen molar-refractivity contribution in [1.82, 2.24) is 0 Å². The summed E-state index contributed by atoms with van der Waals surface area (Å²) < 4.78 is 4.29. The van der Waals surface area contributed by atoms with Crippen molar-refractivity contribution in [2.24, 2.45) is 0 Å². The van der Waals surface area contributed by atoms with Crippen molar-refractivity contribution in [3.8, 4) is 0 Å². The Bertz CT molecular complexity index is 205. The lowest BCUT2D eigenvalue weighted by molar-refractivity contribution is -0.158. The highest BCUT2D eigenvalue weighted by molar-refractivity contribution is 5.95. The third-order valence-corrected chi connectivity index (χ3v) is 1.02. The molecule has 12 heavy (non-hydrogen) atoms. The van der Waals surface area contributed by atoms with Crippen molar-refractivity contribution in [2.45, 2.75) is 26.4 Å². The van der Waals surface area contributed by atoms with E-state index in [1.807, 2.05) is 0 Å². The average Bonchev–Trinajstić information content (AvgIpc) is 1.84. The van der Waals surface area contributed by atoms with Crippen molar-refractivity contribution < 1.29 is 19.4 Å². The Morgan fingerprint density at radius 2 is 2.08 bits per heavy atom. The molecule has 4 nitrogen and oxygen atoms in total. The quantitative estimate of drug-likeness (QED) is 0.380. The van der Waals surface area contributed by atoms with Crippen LogP contribution in [0.4, 0.5) is 0 Å². The van der Waals surface area contributed by atoms with Crippen LogP contribution < -0.4 is 0 Å². The van der Waals surface area contributed by atoms with Crippen LogP contribution in [-0.4, -0.2) is 23.1 Å². The third-order valence-electron chi connectivity index (χ3n) is 1.02. The van der Waals surface area contributed by atoms with Gasteiger partial charge in [-0.25, -0.2) is 4.79 Å². The molecule has 0 rings (SSSR count). The summed E-state index contributed by atoms with van der Waals surface area (Å²) in [5.41, 5.74) is 0.161. The molecule has 4 heteroatoms. The Morgan fingerprint density at radius 3 is 2.42 bits per heavy atom. The maximum absolute atomic E-state index is 10.7. The SMILES string of the molecule is C=C(C)C(=O)OC(=O)CC(C)O. The van der Waals surface area contributed by atoms with Crippen LogP contribution in [-0.2, 0) is 14.3 Å². The maximum atomic E-state index is 10.7. The number of ether oxygens (including phenoxy) is 1. The summed E-state index contributed by atoms with van der Waals surface area (Å²) in [4.78, 5) is 21.4. The fourth-order valence-corrected chi connectivity index (χ4v) is 0.473. The molecule has 0 fully saturated rings. The molecule has 0 radical (unpaired) electrons. The lowest BCUT2D eigenvalue weighted by Gasteiger charge is -2.03. The van der Waals surface area contributed by atoms with Gasteiger partial charge in [0, 0.05) is 5.57 Å². The highest BCUT2D eigenvalue weighted by atomic mass is 16.6. The molecule has 0 aromatic carbocycles. The summed E-state index contributed by atoms with van der Waals surface area (Å²) in [7, 11) is 0. The van der Waals surface area contributed by atoms with Gasteiger partial charge in [-0.05, 0) is 13.8 Å². The molecule has 0 bridgehead atoms. The molecule has 1 atom stereocenters. The van der Waals surface area contributed by atoms with Gasteiger partial charge >= 0.3 is 11.9 Å². The summed E-state index contributed by atoms with van der Waals surface area (Å²) in [6, 6.07) is 0. The molecule has 1 unspecified atom stereocenters. The van der Waals surface area contributed by atoms with Crippen molar-refractivity contribution in [2.75, 3.05) is 0 Å². The van der Waals surface area contributed by atoms with Crippen molar-refractivity contribution in [3.63, 3.8) is 0 Å². The minimum Gasteiger partial charge on any atom is -0.393 e. The largest absolute Gasteiger partial charge is 0.393 e. The van der Waals surface area contributed by atoms with Crippen LogP contribution in [0, 0.1) is 0 Å². The van der Waals surface area contributed by atoms with Gasteiger partial charge in [-0.1, -0.05) is 6.58 Å². The lowest BCUT2D eigenvalue weighted by Crippen LogP contribution is -2.17. The van der Waals surface area contributed by atoms with Gasteiger partial charge < -0.3 is 9.84 Å². The first-order valence-electron chi connectivity index (χ1n) is 3.52. The second-order valence-corrected chi connectivity index (χ2v) is 2.60. The van der Waals surface area contributed by atoms with E-state index in [2.05, 4.69) is 11.3 Å². The van der Waals surface area contributed by atoms with Gasteiger partial charge in [-0.3, -0.25) is 4.79 Å². The molecular formula is C8H12O4. The number of aliphatic hydroxyl groups is 1. The Kier molecular flexibility index (Phi) is 4.21. The van der Waals surface area contributed by atoms with E-state index in [1.165, 1.54) is 13.8 Å². The highest BCUT2D eigenvalue weighted by Gasteiger charge is 2.12. The van der Waals surface area contributed by atoms with Gasteiger partial charge in [0.25, 0.3) is 0 Å². The van der Waals surface area contributed by atoms with Crippen LogP contribution in [0.2, 0.25) is 0 Å². The van der Waals surface area contributed by atoms with E-state index in [9.17, 15) is 9.59 Å². The Labute approximate surface area is 70.8 Å². The Morgan fingerprint density at radius 1 is 1.58 bits per heavy atom. The minimum atomic E-state index is -0.796. The molecule has 0 heterocycles. The van der Waals surface area contributed by atoms with Crippen LogP contribution in [0.3, 0.4) is 0 Å². The number of rotatable bonds is 3. The smallest absolute Gasteiger partial charge is 0.340 e. The molecular weight excluding hydrogens is 160 g/mol. The summed E-state index contributed by atoms with van der Waals surface area (Å²) in [6.45, 7) is 6.18. The molecule has 0 aromatic heterocycles. The summed E-state index contributed by atoms with van der Waals surface area (Å²) in [5.74, 6) is -1.49. The Balaban J connectivity index is 3.85. The highest BCUT2D eigenvalue weighted by Crippen LogP contribution is 1.97. The van der Waals surface area contributed by atoms with Gasteiger partial charge in [0.15, 0.2) is 0 Å². The Hall–Kier alpha value is -1.16.